The van der Waals surface area contributed by atoms with Gasteiger partial charge in [0.25, 0.3) is 0 Å². The monoisotopic (exact) mass is 346 g/mol. The summed E-state index contributed by atoms with van der Waals surface area (Å²) < 4.78 is 5.44. The van der Waals surface area contributed by atoms with E-state index in [-0.39, 0.29) is 18.8 Å². The average molecular weight is 346 g/mol. The number of aromatic hydroxyl groups is 1. The summed E-state index contributed by atoms with van der Waals surface area (Å²) in [6, 6.07) is 7.07. The Morgan fingerprint density at radius 3 is 2.68 bits per heavy atom. The number of fused-ring (bicyclic) bond motifs is 1. The number of benzene rings is 1. The first-order chi connectivity index (χ1) is 11.7. The van der Waals surface area contributed by atoms with E-state index in [2.05, 4.69) is 4.98 Å². The lowest BCUT2D eigenvalue weighted by Crippen LogP contribution is -2.40. The standard InChI is InChI=1S/C19H26N2O4/c1-5-14(22)11-21(18(24)25-19(2,3)4)12-15-16(23)9-8-13-7-6-10-20-17(13)15/h6-10,14,22-23H,5,11-12H2,1-4H3/t14-/m0/s1. The van der Waals surface area contributed by atoms with E-state index in [1.807, 2.05) is 19.1 Å². The van der Waals surface area contributed by atoms with Gasteiger partial charge in [0.2, 0.25) is 0 Å². The van der Waals surface area contributed by atoms with Crippen LogP contribution in [0, 0.1) is 0 Å². The van der Waals surface area contributed by atoms with Gasteiger partial charge < -0.3 is 19.8 Å². The number of phenolic OH excluding ortho intramolecular Hbond substituents is 1. The van der Waals surface area contributed by atoms with Gasteiger partial charge in [-0.25, -0.2) is 4.79 Å². The Labute approximate surface area is 148 Å². The summed E-state index contributed by atoms with van der Waals surface area (Å²) in [6.07, 6.45) is 0.952. The van der Waals surface area contributed by atoms with Crippen LogP contribution in [0.5, 0.6) is 5.75 Å². The fraction of sp³-hybridized carbons (Fsp3) is 0.474. The number of aromatic nitrogens is 1. The maximum absolute atomic E-state index is 12.6. The van der Waals surface area contributed by atoms with Gasteiger partial charge in [0, 0.05) is 17.1 Å². The van der Waals surface area contributed by atoms with Crippen molar-refractivity contribution in [3.8, 4) is 5.75 Å². The molecule has 0 saturated heterocycles. The lowest BCUT2D eigenvalue weighted by Gasteiger charge is -2.29. The molecule has 0 aliphatic heterocycles. The van der Waals surface area contributed by atoms with E-state index in [9.17, 15) is 15.0 Å². The molecule has 2 N–H and O–H groups in total. The number of hydrogen-bond acceptors (Lipinski definition) is 5. The van der Waals surface area contributed by atoms with Crippen molar-refractivity contribution in [2.45, 2.75) is 52.4 Å². The summed E-state index contributed by atoms with van der Waals surface area (Å²) in [5.74, 6) is 0.0609. The first kappa shape index (κ1) is 19.0. The van der Waals surface area contributed by atoms with E-state index < -0.39 is 17.8 Å². The Morgan fingerprint density at radius 1 is 1.32 bits per heavy atom. The number of aliphatic hydroxyl groups is 1. The number of pyridine rings is 1. The van der Waals surface area contributed by atoms with E-state index in [0.29, 0.717) is 17.5 Å². The van der Waals surface area contributed by atoms with Crippen LogP contribution in [0.15, 0.2) is 30.5 Å². The zero-order chi connectivity index (χ0) is 18.6. The molecule has 1 amide bonds. The minimum Gasteiger partial charge on any atom is -0.508 e. The summed E-state index contributed by atoms with van der Waals surface area (Å²) in [5.41, 5.74) is 0.514. The second-order valence-electron chi connectivity index (χ2n) is 7.06. The van der Waals surface area contributed by atoms with Gasteiger partial charge in [0.1, 0.15) is 11.4 Å². The van der Waals surface area contributed by atoms with Gasteiger partial charge in [-0.05, 0) is 45.4 Å². The maximum atomic E-state index is 12.6. The number of phenols is 1. The topological polar surface area (TPSA) is 82.9 Å². The second kappa shape index (κ2) is 7.70. The van der Waals surface area contributed by atoms with Crippen molar-refractivity contribution in [1.29, 1.82) is 0 Å². The van der Waals surface area contributed by atoms with Crippen LogP contribution in [-0.4, -0.2) is 44.4 Å². The van der Waals surface area contributed by atoms with E-state index in [0.717, 1.165) is 5.39 Å². The molecule has 0 radical (unpaired) electrons. The SMILES string of the molecule is CC[C@H](O)CN(Cc1c(O)ccc2cccnc12)C(=O)OC(C)(C)C. The Bertz CT molecular complexity index is 740. The van der Waals surface area contributed by atoms with Crippen LogP contribution in [0.1, 0.15) is 39.7 Å². The maximum Gasteiger partial charge on any atom is 0.410 e. The van der Waals surface area contributed by atoms with Crippen molar-refractivity contribution in [3.05, 3.63) is 36.0 Å². The zero-order valence-corrected chi connectivity index (χ0v) is 15.2. The predicted molar refractivity (Wildman–Crippen MR) is 96.3 cm³/mol. The van der Waals surface area contributed by atoms with Crippen molar-refractivity contribution in [1.82, 2.24) is 9.88 Å². The fourth-order valence-corrected chi connectivity index (χ4v) is 2.46. The van der Waals surface area contributed by atoms with Gasteiger partial charge >= 0.3 is 6.09 Å². The van der Waals surface area contributed by atoms with Crippen molar-refractivity contribution in [2.24, 2.45) is 0 Å². The van der Waals surface area contributed by atoms with E-state index in [4.69, 9.17) is 4.74 Å². The van der Waals surface area contributed by atoms with Crippen LogP contribution in [0.2, 0.25) is 0 Å². The first-order valence-electron chi connectivity index (χ1n) is 8.43. The molecule has 1 aromatic carbocycles. The van der Waals surface area contributed by atoms with Gasteiger partial charge in [-0.1, -0.05) is 13.0 Å². The summed E-state index contributed by atoms with van der Waals surface area (Å²) in [6.45, 7) is 7.43. The molecule has 0 aliphatic rings. The number of aliphatic hydroxyl groups excluding tert-OH is 1. The molecular formula is C19H26N2O4. The molecule has 1 atom stereocenters. The molecule has 6 nitrogen and oxygen atoms in total. The summed E-state index contributed by atoms with van der Waals surface area (Å²) in [7, 11) is 0. The van der Waals surface area contributed by atoms with Gasteiger partial charge in [-0.2, -0.15) is 0 Å². The molecule has 0 saturated carbocycles. The van der Waals surface area contributed by atoms with Crippen LogP contribution in [0.3, 0.4) is 0 Å². The molecule has 0 unspecified atom stereocenters. The molecule has 0 bridgehead atoms. The molecular weight excluding hydrogens is 320 g/mol. The summed E-state index contributed by atoms with van der Waals surface area (Å²) in [4.78, 5) is 18.3. The van der Waals surface area contributed by atoms with E-state index >= 15 is 0 Å². The Morgan fingerprint density at radius 2 is 2.04 bits per heavy atom. The van der Waals surface area contributed by atoms with Crippen LogP contribution in [0.4, 0.5) is 4.79 Å². The fourth-order valence-electron chi connectivity index (χ4n) is 2.46. The lowest BCUT2D eigenvalue weighted by molar-refractivity contribution is 0.0123. The van der Waals surface area contributed by atoms with Crippen molar-refractivity contribution in [2.75, 3.05) is 6.54 Å². The van der Waals surface area contributed by atoms with Crippen molar-refractivity contribution < 1.29 is 19.7 Å². The van der Waals surface area contributed by atoms with Crippen molar-refractivity contribution >= 4 is 17.0 Å². The molecule has 1 aromatic heterocycles. The molecule has 6 heteroatoms. The molecule has 1 heterocycles. The van der Waals surface area contributed by atoms with Crippen LogP contribution in [-0.2, 0) is 11.3 Å². The quantitative estimate of drug-likeness (QED) is 0.866. The lowest BCUT2D eigenvalue weighted by atomic mass is 10.1. The smallest absolute Gasteiger partial charge is 0.410 e. The highest BCUT2D eigenvalue weighted by Crippen LogP contribution is 2.27. The summed E-state index contributed by atoms with van der Waals surface area (Å²) >= 11 is 0. The average Bonchev–Trinajstić information content (AvgIpc) is 2.54. The minimum atomic E-state index is -0.669. The minimum absolute atomic E-state index is 0.0609. The first-order valence-corrected chi connectivity index (χ1v) is 8.43. The van der Waals surface area contributed by atoms with E-state index in [1.54, 1.807) is 39.1 Å². The molecule has 0 spiro atoms. The van der Waals surface area contributed by atoms with Crippen LogP contribution in [0.25, 0.3) is 10.9 Å². The number of rotatable bonds is 5. The van der Waals surface area contributed by atoms with Crippen LogP contribution < -0.4 is 0 Å². The third kappa shape index (κ3) is 5.06. The van der Waals surface area contributed by atoms with Gasteiger partial charge in [0.05, 0.1) is 24.7 Å². The predicted octanol–water partition coefficient (Wildman–Crippen LogP) is 3.45. The Balaban J connectivity index is 2.36. The van der Waals surface area contributed by atoms with Gasteiger partial charge in [0.15, 0.2) is 0 Å². The molecule has 0 aliphatic carbocycles. The molecule has 2 rings (SSSR count). The zero-order valence-electron chi connectivity index (χ0n) is 15.2. The normalized spacial score (nSPS) is 12.8. The number of carbonyl (C=O) groups is 1. The largest absolute Gasteiger partial charge is 0.508 e. The van der Waals surface area contributed by atoms with Crippen molar-refractivity contribution in [3.63, 3.8) is 0 Å². The number of hydrogen-bond donors (Lipinski definition) is 2. The number of carbonyl (C=O) groups excluding carboxylic acids is 1. The Hall–Kier alpha value is -2.34. The molecule has 0 fully saturated rings. The number of ether oxygens (including phenoxy) is 1. The van der Waals surface area contributed by atoms with E-state index in [1.165, 1.54) is 4.90 Å². The summed E-state index contributed by atoms with van der Waals surface area (Å²) in [5, 5.41) is 21.2. The molecule has 2 aromatic rings. The highest BCUT2D eigenvalue weighted by molar-refractivity contribution is 5.84. The molecule has 136 valence electrons. The number of nitrogens with zero attached hydrogens (tertiary/aromatic N) is 2. The number of amides is 1. The molecule has 25 heavy (non-hydrogen) atoms. The third-order valence-corrected chi connectivity index (χ3v) is 3.76. The van der Waals surface area contributed by atoms with Crippen LogP contribution >= 0.6 is 0 Å². The third-order valence-electron chi connectivity index (χ3n) is 3.76. The van der Waals surface area contributed by atoms with Gasteiger partial charge in [-0.3, -0.25) is 4.98 Å². The highest BCUT2D eigenvalue weighted by atomic mass is 16.6. The highest BCUT2D eigenvalue weighted by Gasteiger charge is 2.25. The second-order valence-corrected chi connectivity index (χ2v) is 7.06. The van der Waals surface area contributed by atoms with Gasteiger partial charge in [-0.15, -0.1) is 0 Å². The Kier molecular flexibility index (Phi) is 5.85.